The Morgan fingerprint density at radius 3 is 2.82 bits per heavy atom. The van der Waals surface area contributed by atoms with Crippen LogP contribution in [0, 0.1) is 13.8 Å². The first kappa shape index (κ1) is 12.2. The highest BCUT2D eigenvalue weighted by Gasteiger charge is 2.22. The van der Waals surface area contributed by atoms with Gasteiger partial charge < -0.3 is 10.0 Å². The van der Waals surface area contributed by atoms with Gasteiger partial charge in [0.2, 0.25) is 0 Å². The quantitative estimate of drug-likeness (QED) is 0.873. The minimum atomic E-state index is 0.376. The van der Waals surface area contributed by atoms with E-state index in [4.69, 9.17) is 0 Å². The summed E-state index contributed by atoms with van der Waals surface area (Å²) in [6.45, 7) is 8.29. The molecule has 1 aromatic heterocycles. The van der Waals surface area contributed by atoms with E-state index in [1.807, 2.05) is 13.8 Å². The third-order valence-corrected chi connectivity index (χ3v) is 3.63. The largest absolute Gasteiger partial charge is 0.506 e. The second-order valence-electron chi connectivity index (χ2n) is 4.92. The number of rotatable bonds is 3. The van der Waals surface area contributed by atoms with Gasteiger partial charge in [-0.05, 0) is 38.7 Å². The lowest BCUT2D eigenvalue weighted by molar-refractivity contribution is 0.460. The Morgan fingerprint density at radius 1 is 1.35 bits per heavy atom. The first-order valence-corrected chi connectivity index (χ1v) is 6.59. The molecule has 94 valence electrons. The van der Waals surface area contributed by atoms with E-state index in [9.17, 15) is 5.11 Å². The molecule has 0 spiro atoms. The first-order chi connectivity index (χ1) is 8.15. The van der Waals surface area contributed by atoms with E-state index in [0.29, 0.717) is 5.75 Å². The Morgan fingerprint density at radius 2 is 2.12 bits per heavy atom. The standard InChI is InChI=1S/C14H22N2O/c1-4-5-8-16-9-6-7-12-10(2)13(17)11(3)15-14(12)16/h17H,4-9H2,1-3H3. The van der Waals surface area contributed by atoms with Crippen molar-refractivity contribution in [2.24, 2.45) is 0 Å². The number of nitrogens with zero attached hydrogens (tertiary/aromatic N) is 2. The molecule has 3 heteroatoms. The monoisotopic (exact) mass is 234 g/mol. The molecule has 3 nitrogen and oxygen atoms in total. The lowest BCUT2D eigenvalue weighted by atomic mass is 9.99. The first-order valence-electron chi connectivity index (χ1n) is 6.59. The molecule has 0 saturated carbocycles. The average Bonchev–Trinajstić information content (AvgIpc) is 2.34. The van der Waals surface area contributed by atoms with Gasteiger partial charge in [0.1, 0.15) is 11.6 Å². The van der Waals surface area contributed by atoms with Crippen LogP contribution in [0.4, 0.5) is 5.82 Å². The molecule has 17 heavy (non-hydrogen) atoms. The van der Waals surface area contributed by atoms with Crippen LogP contribution >= 0.6 is 0 Å². The van der Waals surface area contributed by atoms with Crippen molar-refractivity contribution in [3.8, 4) is 5.75 Å². The zero-order chi connectivity index (χ0) is 12.4. The Hall–Kier alpha value is -1.25. The fraction of sp³-hybridized carbons (Fsp3) is 0.643. The van der Waals surface area contributed by atoms with E-state index in [1.54, 1.807) is 0 Å². The average molecular weight is 234 g/mol. The summed E-state index contributed by atoms with van der Waals surface area (Å²) in [6.07, 6.45) is 4.63. The summed E-state index contributed by atoms with van der Waals surface area (Å²) in [5.41, 5.74) is 3.02. The molecule has 2 rings (SSSR count). The highest BCUT2D eigenvalue weighted by atomic mass is 16.3. The molecule has 0 aliphatic carbocycles. The van der Waals surface area contributed by atoms with Crippen molar-refractivity contribution in [3.05, 3.63) is 16.8 Å². The lowest BCUT2D eigenvalue weighted by Gasteiger charge is -2.31. The van der Waals surface area contributed by atoms with Gasteiger partial charge in [-0.3, -0.25) is 0 Å². The molecule has 0 aromatic carbocycles. The van der Waals surface area contributed by atoms with Gasteiger partial charge in [0.05, 0.1) is 5.69 Å². The number of fused-ring (bicyclic) bond motifs is 1. The zero-order valence-corrected chi connectivity index (χ0v) is 11.1. The van der Waals surface area contributed by atoms with Gasteiger partial charge >= 0.3 is 0 Å². The summed E-state index contributed by atoms with van der Waals surface area (Å²) in [7, 11) is 0. The fourth-order valence-corrected chi connectivity index (χ4v) is 2.54. The van der Waals surface area contributed by atoms with Gasteiger partial charge in [0.25, 0.3) is 0 Å². The number of unbranched alkanes of at least 4 members (excludes halogenated alkanes) is 1. The van der Waals surface area contributed by atoms with Crippen LogP contribution in [0.5, 0.6) is 5.75 Å². The molecule has 0 bridgehead atoms. The van der Waals surface area contributed by atoms with Crippen LogP contribution in [-0.2, 0) is 6.42 Å². The van der Waals surface area contributed by atoms with Crippen LogP contribution in [0.3, 0.4) is 0 Å². The van der Waals surface area contributed by atoms with Crippen molar-refractivity contribution >= 4 is 5.82 Å². The van der Waals surface area contributed by atoms with E-state index >= 15 is 0 Å². The molecule has 1 aromatic rings. The van der Waals surface area contributed by atoms with Gasteiger partial charge in [-0.2, -0.15) is 0 Å². The Kier molecular flexibility index (Phi) is 3.55. The molecule has 0 unspecified atom stereocenters. The van der Waals surface area contributed by atoms with Crippen LogP contribution in [0.25, 0.3) is 0 Å². The van der Waals surface area contributed by atoms with E-state index in [1.165, 1.54) is 24.8 Å². The molecule has 2 heterocycles. The molecule has 0 saturated heterocycles. The maximum absolute atomic E-state index is 9.94. The maximum atomic E-state index is 9.94. The smallest absolute Gasteiger partial charge is 0.140 e. The van der Waals surface area contributed by atoms with E-state index in [0.717, 1.165) is 36.6 Å². The minimum absolute atomic E-state index is 0.376. The fourth-order valence-electron chi connectivity index (χ4n) is 2.54. The Labute approximate surface area is 103 Å². The normalized spacial score (nSPS) is 14.9. The number of aromatic nitrogens is 1. The molecule has 1 N–H and O–H groups in total. The SMILES string of the molecule is CCCCN1CCCc2c1nc(C)c(O)c2C. The van der Waals surface area contributed by atoms with Crippen molar-refractivity contribution in [2.75, 3.05) is 18.0 Å². The number of hydrogen-bond donors (Lipinski definition) is 1. The summed E-state index contributed by atoms with van der Waals surface area (Å²) >= 11 is 0. The van der Waals surface area contributed by atoms with Crippen LogP contribution in [0.15, 0.2) is 0 Å². The third-order valence-electron chi connectivity index (χ3n) is 3.63. The van der Waals surface area contributed by atoms with Crippen LogP contribution in [-0.4, -0.2) is 23.2 Å². The number of aryl methyl sites for hydroxylation is 1. The van der Waals surface area contributed by atoms with E-state index < -0.39 is 0 Å². The van der Waals surface area contributed by atoms with Crippen molar-refractivity contribution in [1.29, 1.82) is 0 Å². The zero-order valence-electron chi connectivity index (χ0n) is 11.1. The second kappa shape index (κ2) is 4.94. The van der Waals surface area contributed by atoms with E-state index in [-0.39, 0.29) is 0 Å². The topological polar surface area (TPSA) is 36.4 Å². The number of anilines is 1. The highest BCUT2D eigenvalue weighted by Crippen LogP contribution is 2.34. The van der Waals surface area contributed by atoms with Crippen LogP contribution in [0.1, 0.15) is 43.0 Å². The second-order valence-corrected chi connectivity index (χ2v) is 4.92. The highest BCUT2D eigenvalue weighted by molar-refractivity contribution is 5.58. The summed E-state index contributed by atoms with van der Waals surface area (Å²) in [5.74, 6) is 1.48. The number of aromatic hydroxyl groups is 1. The Balaban J connectivity index is 2.37. The molecule has 0 radical (unpaired) electrons. The van der Waals surface area contributed by atoms with E-state index in [2.05, 4.69) is 16.8 Å². The molecule has 0 atom stereocenters. The Bertz CT molecular complexity index is 415. The molecular weight excluding hydrogens is 212 g/mol. The van der Waals surface area contributed by atoms with Gasteiger partial charge in [0.15, 0.2) is 0 Å². The minimum Gasteiger partial charge on any atom is -0.506 e. The summed E-state index contributed by atoms with van der Waals surface area (Å²) in [4.78, 5) is 6.96. The van der Waals surface area contributed by atoms with Crippen molar-refractivity contribution in [2.45, 2.75) is 46.5 Å². The van der Waals surface area contributed by atoms with Crippen molar-refractivity contribution < 1.29 is 5.11 Å². The summed E-state index contributed by atoms with van der Waals surface area (Å²) in [6, 6.07) is 0. The molecular formula is C14H22N2O. The number of hydrogen-bond acceptors (Lipinski definition) is 3. The molecule has 0 amide bonds. The summed E-state index contributed by atoms with van der Waals surface area (Å²) in [5, 5.41) is 9.94. The van der Waals surface area contributed by atoms with Gasteiger partial charge in [-0.1, -0.05) is 13.3 Å². The van der Waals surface area contributed by atoms with Gasteiger partial charge in [-0.15, -0.1) is 0 Å². The maximum Gasteiger partial charge on any atom is 0.140 e. The third kappa shape index (κ3) is 2.24. The predicted molar refractivity (Wildman–Crippen MR) is 70.8 cm³/mol. The molecule has 0 fully saturated rings. The van der Waals surface area contributed by atoms with Crippen molar-refractivity contribution in [1.82, 2.24) is 4.98 Å². The lowest BCUT2D eigenvalue weighted by Crippen LogP contribution is -2.31. The van der Waals surface area contributed by atoms with Gasteiger partial charge in [0, 0.05) is 18.7 Å². The predicted octanol–water partition coefficient (Wildman–Crippen LogP) is 2.96. The summed E-state index contributed by atoms with van der Waals surface area (Å²) < 4.78 is 0. The van der Waals surface area contributed by atoms with Crippen LogP contribution < -0.4 is 4.90 Å². The molecule has 1 aliphatic rings. The molecule has 1 aliphatic heterocycles. The van der Waals surface area contributed by atoms with Crippen molar-refractivity contribution in [3.63, 3.8) is 0 Å². The van der Waals surface area contributed by atoms with Crippen LogP contribution in [0.2, 0.25) is 0 Å². The van der Waals surface area contributed by atoms with Gasteiger partial charge in [-0.25, -0.2) is 4.98 Å². The number of pyridine rings is 1.